The van der Waals surface area contributed by atoms with E-state index in [1.54, 1.807) is 18.3 Å². The van der Waals surface area contributed by atoms with Gasteiger partial charge in [0.2, 0.25) is 0 Å². The van der Waals surface area contributed by atoms with Crippen molar-refractivity contribution in [3.05, 3.63) is 66.4 Å². The number of hydrogen-bond donors (Lipinski definition) is 1. The molecule has 1 atom stereocenters. The number of ether oxygens (including phenoxy) is 2. The van der Waals surface area contributed by atoms with Crippen LogP contribution in [0, 0.1) is 5.92 Å². The van der Waals surface area contributed by atoms with Crippen LogP contribution in [0.25, 0.3) is 0 Å². The summed E-state index contributed by atoms with van der Waals surface area (Å²) in [7, 11) is 0. The van der Waals surface area contributed by atoms with Crippen LogP contribution in [0.3, 0.4) is 0 Å². The summed E-state index contributed by atoms with van der Waals surface area (Å²) >= 11 is 0. The molecule has 0 aromatic heterocycles. The maximum Gasteiger partial charge on any atom is 0.187 e. The van der Waals surface area contributed by atoms with Gasteiger partial charge in [-0.2, -0.15) is 0 Å². The van der Waals surface area contributed by atoms with E-state index in [1.165, 1.54) is 6.08 Å². The number of ketones is 1. The van der Waals surface area contributed by atoms with Gasteiger partial charge in [0.15, 0.2) is 5.78 Å². The summed E-state index contributed by atoms with van der Waals surface area (Å²) in [6.07, 6.45) is 6.44. The molecule has 4 nitrogen and oxygen atoms in total. The summed E-state index contributed by atoms with van der Waals surface area (Å²) in [5.41, 5.74) is 1.54. The third-order valence-electron chi connectivity index (χ3n) is 4.48. The minimum absolute atomic E-state index is 0.0551. The quantitative estimate of drug-likeness (QED) is 0.274. The highest BCUT2D eigenvalue weighted by Crippen LogP contribution is 2.17. The van der Waals surface area contributed by atoms with Crippen LogP contribution in [0.2, 0.25) is 0 Å². The fourth-order valence-corrected chi connectivity index (χ4v) is 2.36. The molecule has 0 aliphatic heterocycles. The van der Waals surface area contributed by atoms with Gasteiger partial charge in [-0.05, 0) is 60.9 Å². The van der Waals surface area contributed by atoms with Gasteiger partial charge in [-0.15, -0.1) is 0 Å². The minimum atomic E-state index is -0.0551. The van der Waals surface area contributed by atoms with E-state index in [-0.39, 0.29) is 5.78 Å². The Morgan fingerprint density at radius 2 is 1.64 bits per heavy atom. The fraction of sp³-hybridized carbons (Fsp3) is 0.375. The second-order valence-electron chi connectivity index (χ2n) is 6.92. The van der Waals surface area contributed by atoms with Crippen molar-refractivity contribution in [2.24, 2.45) is 5.92 Å². The lowest BCUT2D eigenvalue weighted by Gasteiger charge is -2.10. The van der Waals surface area contributed by atoms with Crippen molar-refractivity contribution < 1.29 is 14.3 Å². The summed E-state index contributed by atoms with van der Waals surface area (Å²) < 4.78 is 11.4. The third-order valence-corrected chi connectivity index (χ3v) is 4.48. The summed E-state index contributed by atoms with van der Waals surface area (Å²) in [6, 6.07) is 15.0. The van der Waals surface area contributed by atoms with Crippen LogP contribution in [0.5, 0.6) is 11.5 Å². The Morgan fingerprint density at radius 3 is 2.29 bits per heavy atom. The van der Waals surface area contributed by atoms with Gasteiger partial charge in [0.25, 0.3) is 0 Å². The molecule has 4 heteroatoms. The summed E-state index contributed by atoms with van der Waals surface area (Å²) in [6.45, 7) is 7.87. The number of hydrogen-bond acceptors (Lipinski definition) is 4. The van der Waals surface area contributed by atoms with Crippen LogP contribution < -0.4 is 14.8 Å². The van der Waals surface area contributed by atoms with Crippen molar-refractivity contribution in [2.45, 2.75) is 40.0 Å². The zero-order valence-corrected chi connectivity index (χ0v) is 17.1. The molecule has 150 valence electrons. The van der Waals surface area contributed by atoms with Crippen LogP contribution in [0.1, 0.15) is 50.4 Å². The van der Waals surface area contributed by atoms with E-state index in [1.807, 2.05) is 36.4 Å². The summed E-state index contributed by atoms with van der Waals surface area (Å²) in [4.78, 5) is 12.3. The first-order valence-corrected chi connectivity index (χ1v) is 10.1. The average molecular weight is 382 g/mol. The molecular weight excluding hydrogens is 350 g/mol. The standard InChI is InChI=1S/C24H31NO3/c1-4-6-17-27-22-13-9-21(10-14-22)25-16-15-24(26)20-7-11-23(12-8-20)28-18-19(3)5-2/h7-16,19,25H,4-6,17-18H2,1-3H3/b16-15+/t19-/m0/s1. The van der Waals surface area contributed by atoms with E-state index in [9.17, 15) is 4.79 Å². The number of rotatable bonds is 12. The van der Waals surface area contributed by atoms with Gasteiger partial charge in [0.05, 0.1) is 13.2 Å². The predicted molar refractivity (Wildman–Crippen MR) is 115 cm³/mol. The molecule has 0 fully saturated rings. The van der Waals surface area contributed by atoms with Crippen LogP contribution in [-0.2, 0) is 0 Å². The Bertz CT molecular complexity index is 735. The molecule has 0 aliphatic rings. The molecule has 2 aromatic rings. The maximum absolute atomic E-state index is 12.3. The average Bonchev–Trinajstić information content (AvgIpc) is 2.73. The molecule has 0 unspecified atom stereocenters. The lowest BCUT2D eigenvalue weighted by atomic mass is 10.1. The Morgan fingerprint density at radius 1 is 1.00 bits per heavy atom. The fourth-order valence-electron chi connectivity index (χ4n) is 2.36. The highest BCUT2D eigenvalue weighted by Gasteiger charge is 2.04. The van der Waals surface area contributed by atoms with Crippen molar-refractivity contribution in [3.63, 3.8) is 0 Å². The second kappa shape index (κ2) is 11.9. The van der Waals surface area contributed by atoms with Crippen molar-refractivity contribution >= 4 is 11.5 Å². The monoisotopic (exact) mass is 381 g/mol. The van der Waals surface area contributed by atoms with Gasteiger partial charge in [0.1, 0.15) is 11.5 Å². The van der Waals surface area contributed by atoms with Crippen molar-refractivity contribution in [1.29, 1.82) is 0 Å². The van der Waals surface area contributed by atoms with Crippen LogP contribution >= 0.6 is 0 Å². The topological polar surface area (TPSA) is 47.6 Å². The number of nitrogens with one attached hydrogen (secondary N) is 1. The van der Waals surface area contributed by atoms with Gasteiger partial charge >= 0.3 is 0 Å². The molecule has 28 heavy (non-hydrogen) atoms. The molecule has 0 radical (unpaired) electrons. The molecule has 0 amide bonds. The predicted octanol–water partition coefficient (Wildman–Crippen LogP) is 6.10. The van der Waals surface area contributed by atoms with E-state index in [4.69, 9.17) is 9.47 Å². The van der Waals surface area contributed by atoms with Crippen molar-refractivity contribution in [2.75, 3.05) is 18.5 Å². The first-order chi connectivity index (χ1) is 13.6. The zero-order valence-electron chi connectivity index (χ0n) is 17.1. The zero-order chi connectivity index (χ0) is 20.2. The molecule has 2 aromatic carbocycles. The number of benzene rings is 2. The molecule has 0 aliphatic carbocycles. The Labute approximate surface area is 168 Å². The van der Waals surface area contributed by atoms with E-state index in [0.29, 0.717) is 18.1 Å². The van der Waals surface area contributed by atoms with Gasteiger partial charge < -0.3 is 14.8 Å². The van der Waals surface area contributed by atoms with Gasteiger partial charge in [-0.3, -0.25) is 4.79 Å². The number of carbonyl (C=O) groups excluding carboxylic acids is 1. The number of carbonyl (C=O) groups is 1. The Kier molecular flexibility index (Phi) is 9.13. The Hall–Kier alpha value is -2.75. The molecule has 0 saturated heterocycles. The number of unbranched alkanes of at least 4 members (excludes halogenated alkanes) is 1. The van der Waals surface area contributed by atoms with E-state index in [0.717, 1.165) is 43.1 Å². The normalized spacial score (nSPS) is 12.0. The van der Waals surface area contributed by atoms with E-state index >= 15 is 0 Å². The molecule has 0 spiro atoms. The van der Waals surface area contributed by atoms with Crippen LogP contribution in [-0.4, -0.2) is 19.0 Å². The largest absolute Gasteiger partial charge is 0.494 e. The van der Waals surface area contributed by atoms with Crippen LogP contribution in [0.4, 0.5) is 5.69 Å². The summed E-state index contributed by atoms with van der Waals surface area (Å²) in [5.74, 6) is 2.11. The highest BCUT2D eigenvalue weighted by atomic mass is 16.5. The summed E-state index contributed by atoms with van der Waals surface area (Å²) in [5, 5.41) is 3.11. The lowest BCUT2D eigenvalue weighted by Crippen LogP contribution is -2.07. The number of allylic oxidation sites excluding steroid dienone is 1. The minimum Gasteiger partial charge on any atom is -0.494 e. The SMILES string of the molecule is CCCCOc1ccc(N/C=C/C(=O)c2ccc(OC[C@@H](C)CC)cc2)cc1. The molecule has 0 saturated carbocycles. The second-order valence-corrected chi connectivity index (χ2v) is 6.92. The van der Waals surface area contributed by atoms with Crippen molar-refractivity contribution in [1.82, 2.24) is 0 Å². The first-order valence-electron chi connectivity index (χ1n) is 10.1. The Balaban J connectivity index is 1.81. The van der Waals surface area contributed by atoms with E-state index in [2.05, 4.69) is 26.1 Å². The maximum atomic E-state index is 12.3. The van der Waals surface area contributed by atoms with Gasteiger partial charge in [-0.25, -0.2) is 0 Å². The molecule has 0 heterocycles. The number of anilines is 1. The molecule has 0 bridgehead atoms. The molecule has 2 rings (SSSR count). The molecule has 1 N–H and O–H groups in total. The highest BCUT2D eigenvalue weighted by molar-refractivity contribution is 6.04. The third kappa shape index (κ3) is 7.47. The van der Waals surface area contributed by atoms with Gasteiger partial charge in [0, 0.05) is 23.5 Å². The lowest BCUT2D eigenvalue weighted by molar-refractivity contribution is 0.104. The first kappa shape index (κ1) is 21.5. The van der Waals surface area contributed by atoms with Crippen molar-refractivity contribution in [3.8, 4) is 11.5 Å². The molecular formula is C24H31NO3. The van der Waals surface area contributed by atoms with E-state index < -0.39 is 0 Å². The van der Waals surface area contributed by atoms with Gasteiger partial charge in [-0.1, -0.05) is 33.6 Å². The smallest absolute Gasteiger partial charge is 0.187 e. The van der Waals surface area contributed by atoms with Crippen LogP contribution in [0.15, 0.2) is 60.8 Å².